The van der Waals surface area contributed by atoms with Crippen molar-refractivity contribution in [2.75, 3.05) is 11.9 Å². The van der Waals surface area contributed by atoms with E-state index in [2.05, 4.69) is 20.1 Å². The van der Waals surface area contributed by atoms with Gasteiger partial charge in [-0.1, -0.05) is 0 Å². The molecule has 3 rings (SSSR count). The van der Waals surface area contributed by atoms with Gasteiger partial charge < -0.3 is 15.4 Å². The maximum atomic E-state index is 13.6. The second kappa shape index (κ2) is 5.01. The van der Waals surface area contributed by atoms with Gasteiger partial charge >= 0.3 is 18.4 Å². The fourth-order valence-corrected chi connectivity index (χ4v) is 2.01. The molecule has 120 valence electrons. The van der Waals surface area contributed by atoms with Crippen LogP contribution in [0.2, 0.25) is 0 Å². The molecule has 2 amide bonds. The first-order valence-electron chi connectivity index (χ1n) is 6.59. The van der Waals surface area contributed by atoms with Gasteiger partial charge in [0.25, 0.3) is 0 Å². The Bertz CT molecular complexity index is 605. The quantitative estimate of drug-likeness (QED) is 0.841. The number of amides is 2. The predicted octanol–water partition coefficient (Wildman–Crippen LogP) is 3.23. The Morgan fingerprint density at radius 1 is 1.27 bits per heavy atom. The number of rotatable bonds is 3. The fourth-order valence-electron chi connectivity index (χ4n) is 2.01. The van der Waals surface area contributed by atoms with Crippen LogP contribution < -0.4 is 15.4 Å². The molecule has 1 fully saturated rings. The van der Waals surface area contributed by atoms with Gasteiger partial charge in [0.15, 0.2) is 0 Å². The predicted molar refractivity (Wildman–Crippen MR) is 66.7 cm³/mol. The molecule has 0 spiro atoms. The van der Waals surface area contributed by atoms with E-state index in [0.717, 1.165) is 25.0 Å². The lowest BCUT2D eigenvalue weighted by molar-refractivity contribution is -0.461. The van der Waals surface area contributed by atoms with Gasteiger partial charge in [-0.2, -0.15) is 8.78 Å². The van der Waals surface area contributed by atoms with Crippen LogP contribution >= 0.6 is 0 Å². The normalized spacial score (nSPS) is 21.5. The van der Waals surface area contributed by atoms with E-state index in [4.69, 9.17) is 0 Å². The summed E-state index contributed by atoms with van der Waals surface area (Å²) in [7, 11) is 0. The number of hydrogen-bond donors (Lipinski definition) is 2. The first-order valence-corrected chi connectivity index (χ1v) is 6.59. The van der Waals surface area contributed by atoms with E-state index >= 15 is 0 Å². The molecule has 0 radical (unpaired) electrons. The highest BCUT2D eigenvalue weighted by atomic mass is 19.3. The lowest BCUT2D eigenvalue weighted by Gasteiger charge is -2.30. The van der Waals surface area contributed by atoms with Crippen molar-refractivity contribution in [1.29, 1.82) is 0 Å². The molecule has 1 heterocycles. The van der Waals surface area contributed by atoms with Crippen LogP contribution in [-0.4, -0.2) is 18.9 Å². The maximum Gasteiger partial charge on any atom is 0.540 e. The van der Waals surface area contributed by atoms with Crippen molar-refractivity contribution >= 4 is 11.7 Å². The van der Waals surface area contributed by atoms with Gasteiger partial charge in [-0.15, -0.1) is 8.78 Å². The number of alkyl halides is 4. The Morgan fingerprint density at radius 2 is 2.00 bits per heavy atom. The summed E-state index contributed by atoms with van der Waals surface area (Å²) in [6, 6.07) is 2.39. The Kier molecular flexibility index (Phi) is 3.39. The molecule has 1 aliphatic carbocycles. The summed E-state index contributed by atoms with van der Waals surface area (Å²) in [5.41, 5.74) is -0.859. The van der Waals surface area contributed by atoms with E-state index < -0.39 is 29.7 Å². The number of carbonyl (C=O) groups is 1. The van der Waals surface area contributed by atoms with E-state index in [1.807, 2.05) is 0 Å². The smallest absolute Gasteiger partial charge is 0.409 e. The van der Waals surface area contributed by atoms with Crippen LogP contribution in [0.4, 0.5) is 28.0 Å². The van der Waals surface area contributed by atoms with Crippen LogP contribution in [0.5, 0.6) is 5.75 Å². The van der Waals surface area contributed by atoms with Crippen molar-refractivity contribution in [1.82, 2.24) is 5.32 Å². The highest BCUT2D eigenvalue weighted by Crippen LogP contribution is 2.46. The van der Waals surface area contributed by atoms with Crippen molar-refractivity contribution in [3.8, 4) is 5.75 Å². The van der Waals surface area contributed by atoms with Crippen LogP contribution in [0.15, 0.2) is 18.2 Å². The number of halogens is 4. The molecule has 0 atom stereocenters. The van der Waals surface area contributed by atoms with Crippen molar-refractivity contribution in [2.24, 2.45) is 5.92 Å². The van der Waals surface area contributed by atoms with Gasteiger partial charge in [-0.05, 0) is 37.0 Å². The highest BCUT2D eigenvalue weighted by Gasteiger charge is 2.54. The molecule has 0 unspecified atom stereocenters. The topological polar surface area (TPSA) is 59.6 Å². The Labute approximate surface area is 122 Å². The molecule has 1 aromatic rings. The molecular formula is C13H12F4N2O3. The molecule has 9 heteroatoms. The standard InChI is InChI=1S/C13H12F4N2O3/c14-12(15)9-5-8(19-11(20)18-6-7-1-2-7)3-4-10(9)21-13(16,17)22-12/h3-5,7H,1-2,6H2,(H2,18,19,20). The molecule has 1 aromatic carbocycles. The van der Waals surface area contributed by atoms with Gasteiger partial charge in [0.1, 0.15) is 5.75 Å². The summed E-state index contributed by atoms with van der Waals surface area (Å²) in [6.07, 6.45) is -6.53. The van der Waals surface area contributed by atoms with Crippen LogP contribution in [0.1, 0.15) is 18.4 Å². The zero-order chi connectivity index (χ0) is 16.0. The molecular weight excluding hydrogens is 308 g/mol. The monoisotopic (exact) mass is 320 g/mol. The van der Waals surface area contributed by atoms with Crippen molar-refractivity contribution < 1.29 is 31.8 Å². The van der Waals surface area contributed by atoms with Gasteiger partial charge in [0.05, 0.1) is 5.56 Å². The number of nitrogens with one attached hydrogen (secondary N) is 2. The SMILES string of the molecule is O=C(NCC1CC1)Nc1ccc2c(c1)C(F)(F)OC(F)(F)O2. The molecule has 1 aliphatic heterocycles. The zero-order valence-corrected chi connectivity index (χ0v) is 11.2. The average molecular weight is 320 g/mol. The fraction of sp³-hybridized carbons (Fsp3) is 0.462. The van der Waals surface area contributed by atoms with E-state index in [0.29, 0.717) is 12.5 Å². The summed E-state index contributed by atoms with van der Waals surface area (Å²) in [5, 5.41) is 4.94. The average Bonchev–Trinajstić information content (AvgIpc) is 3.19. The number of carbonyl (C=O) groups excluding carboxylic acids is 1. The summed E-state index contributed by atoms with van der Waals surface area (Å²) < 4.78 is 60.2. The summed E-state index contributed by atoms with van der Waals surface area (Å²) in [5.74, 6) is -0.243. The lowest BCUT2D eigenvalue weighted by Crippen LogP contribution is -2.41. The molecule has 1 saturated carbocycles. The number of hydrogen-bond acceptors (Lipinski definition) is 3. The minimum absolute atomic E-state index is 0.0177. The first kappa shape index (κ1) is 14.9. The van der Waals surface area contributed by atoms with Crippen molar-refractivity contribution in [3.63, 3.8) is 0 Å². The highest BCUT2D eigenvalue weighted by molar-refractivity contribution is 5.89. The molecule has 0 bridgehead atoms. The van der Waals surface area contributed by atoms with Gasteiger partial charge in [-0.25, -0.2) is 9.53 Å². The van der Waals surface area contributed by atoms with E-state index in [-0.39, 0.29) is 5.69 Å². The van der Waals surface area contributed by atoms with Crippen LogP contribution in [0, 0.1) is 5.92 Å². The summed E-state index contributed by atoms with van der Waals surface area (Å²) in [6.45, 7) is 0.505. The lowest BCUT2D eigenvalue weighted by atomic mass is 10.1. The minimum Gasteiger partial charge on any atom is -0.409 e. The second-order valence-corrected chi connectivity index (χ2v) is 5.17. The third kappa shape index (κ3) is 3.24. The number of ether oxygens (including phenoxy) is 2. The summed E-state index contributed by atoms with van der Waals surface area (Å²) in [4.78, 5) is 11.6. The van der Waals surface area contributed by atoms with E-state index in [9.17, 15) is 22.4 Å². The first-order chi connectivity index (χ1) is 10.3. The molecule has 22 heavy (non-hydrogen) atoms. The largest absolute Gasteiger partial charge is 0.540 e. The van der Waals surface area contributed by atoms with Crippen molar-refractivity contribution in [2.45, 2.75) is 25.2 Å². The van der Waals surface area contributed by atoms with Gasteiger partial charge in [0, 0.05) is 12.2 Å². The van der Waals surface area contributed by atoms with E-state index in [1.165, 1.54) is 6.07 Å². The molecule has 2 N–H and O–H groups in total. The van der Waals surface area contributed by atoms with Crippen LogP contribution in [0.3, 0.4) is 0 Å². The molecule has 0 aromatic heterocycles. The molecule has 2 aliphatic rings. The number of fused-ring (bicyclic) bond motifs is 1. The Balaban J connectivity index is 1.74. The Hall–Kier alpha value is -2.03. The van der Waals surface area contributed by atoms with Crippen LogP contribution in [0.25, 0.3) is 0 Å². The molecule has 5 nitrogen and oxygen atoms in total. The zero-order valence-electron chi connectivity index (χ0n) is 11.2. The third-order valence-corrected chi connectivity index (χ3v) is 3.27. The maximum absolute atomic E-state index is 13.6. The van der Waals surface area contributed by atoms with Gasteiger partial charge in [-0.3, -0.25) is 0 Å². The van der Waals surface area contributed by atoms with Crippen LogP contribution in [-0.2, 0) is 10.8 Å². The van der Waals surface area contributed by atoms with Gasteiger partial charge in [0.2, 0.25) is 0 Å². The third-order valence-electron chi connectivity index (χ3n) is 3.27. The second-order valence-electron chi connectivity index (χ2n) is 5.17. The number of urea groups is 1. The number of benzene rings is 1. The minimum atomic E-state index is -4.41. The Morgan fingerprint density at radius 3 is 2.68 bits per heavy atom. The number of anilines is 1. The summed E-state index contributed by atoms with van der Waals surface area (Å²) >= 11 is 0. The van der Waals surface area contributed by atoms with E-state index in [1.54, 1.807) is 0 Å². The molecule has 0 saturated heterocycles. The van der Waals surface area contributed by atoms with Crippen molar-refractivity contribution in [3.05, 3.63) is 23.8 Å².